The Balaban J connectivity index is 1.42. The molecule has 0 aliphatic carbocycles. The molecule has 1 N–H and O–H groups in total. The summed E-state index contributed by atoms with van der Waals surface area (Å²) in [6.07, 6.45) is 3.55. The van der Waals surface area contributed by atoms with E-state index in [9.17, 15) is 18.8 Å². The van der Waals surface area contributed by atoms with E-state index in [2.05, 4.69) is 5.32 Å². The van der Waals surface area contributed by atoms with Crippen LogP contribution in [0.2, 0.25) is 0 Å². The van der Waals surface area contributed by atoms with Crippen molar-refractivity contribution in [3.63, 3.8) is 0 Å². The zero-order chi connectivity index (χ0) is 19.0. The highest BCUT2D eigenvalue weighted by Gasteiger charge is 2.37. The minimum Gasteiger partial charge on any atom is -0.342 e. The summed E-state index contributed by atoms with van der Waals surface area (Å²) in [7, 11) is 0. The summed E-state index contributed by atoms with van der Waals surface area (Å²) in [5, 5.41) is 2.64. The molecule has 4 rings (SSSR count). The number of benzene rings is 1. The molecule has 6 nitrogen and oxygen atoms in total. The molecule has 1 aromatic carbocycles. The number of carbonyl (C=O) groups is 3. The molecule has 0 saturated carbocycles. The van der Waals surface area contributed by atoms with Crippen LogP contribution in [-0.2, 0) is 14.4 Å². The maximum Gasteiger partial charge on any atom is 0.230 e. The van der Waals surface area contributed by atoms with Crippen molar-refractivity contribution in [3.8, 4) is 0 Å². The van der Waals surface area contributed by atoms with Crippen molar-refractivity contribution in [2.45, 2.75) is 38.0 Å². The molecule has 3 aliphatic rings. The molecule has 1 aromatic rings. The monoisotopic (exact) mass is 373 g/mol. The van der Waals surface area contributed by atoms with E-state index < -0.39 is 11.7 Å². The fourth-order valence-electron chi connectivity index (χ4n) is 4.42. The van der Waals surface area contributed by atoms with E-state index in [0.717, 1.165) is 25.9 Å². The van der Waals surface area contributed by atoms with Gasteiger partial charge in [0, 0.05) is 44.2 Å². The average Bonchev–Trinajstić information content (AvgIpc) is 3.20. The van der Waals surface area contributed by atoms with Gasteiger partial charge in [0.2, 0.25) is 17.7 Å². The highest BCUT2D eigenvalue weighted by Crippen LogP contribution is 2.35. The molecule has 3 amide bonds. The third-order valence-corrected chi connectivity index (χ3v) is 5.93. The van der Waals surface area contributed by atoms with Gasteiger partial charge in [0.05, 0.1) is 5.92 Å². The van der Waals surface area contributed by atoms with Crippen LogP contribution < -0.4 is 5.32 Å². The van der Waals surface area contributed by atoms with Crippen LogP contribution in [0, 0.1) is 11.7 Å². The Morgan fingerprint density at radius 3 is 2.37 bits per heavy atom. The van der Waals surface area contributed by atoms with Crippen LogP contribution in [0.3, 0.4) is 0 Å². The smallest absolute Gasteiger partial charge is 0.230 e. The maximum absolute atomic E-state index is 13.5. The number of piperidine rings is 1. The Labute approximate surface area is 157 Å². The van der Waals surface area contributed by atoms with Crippen LogP contribution in [0.1, 0.15) is 43.6 Å². The molecule has 3 heterocycles. The molecule has 0 spiro atoms. The molecule has 1 unspecified atom stereocenters. The summed E-state index contributed by atoms with van der Waals surface area (Å²) < 4.78 is 13.5. The third kappa shape index (κ3) is 3.55. The van der Waals surface area contributed by atoms with E-state index in [-0.39, 0.29) is 30.1 Å². The predicted molar refractivity (Wildman–Crippen MR) is 97.5 cm³/mol. The Morgan fingerprint density at radius 2 is 1.67 bits per heavy atom. The molecule has 0 radical (unpaired) electrons. The molecule has 7 heteroatoms. The fourth-order valence-corrected chi connectivity index (χ4v) is 4.42. The van der Waals surface area contributed by atoms with Crippen molar-refractivity contribution in [2.75, 3.05) is 31.5 Å². The number of rotatable bonds is 2. The molecular weight excluding hydrogens is 349 g/mol. The Hall–Kier alpha value is -2.44. The van der Waals surface area contributed by atoms with E-state index in [1.54, 1.807) is 11.0 Å². The lowest BCUT2D eigenvalue weighted by atomic mass is 9.87. The molecule has 0 bridgehead atoms. The first-order valence-electron chi connectivity index (χ1n) is 9.70. The Bertz CT molecular complexity index is 768. The first-order valence-corrected chi connectivity index (χ1v) is 9.70. The van der Waals surface area contributed by atoms with Gasteiger partial charge in [-0.1, -0.05) is 6.07 Å². The first kappa shape index (κ1) is 17.9. The molecule has 27 heavy (non-hydrogen) atoms. The molecule has 1 atom stereocenters. The van der Waals surface area contributed by atoms with E-state index in [1.165, 1.54) is 12.1 Å². The van der Waals surface area contributed by atoms with Gasteiger partial charge in [0.1, 0.15) is 5.82 Å². The quantitative estimate of drug-likeness (QED) is 0.863. The van der Waals surface area contributed by atoms with Crippen molar-refractivity contribution in [2.24, 2.45) is 5.92 Å². The van der Waals surface area contributed by atoms with Crippen LogP contribution in [0.4, 0.5) is 10.1 Å². The van der Waals surface area contributed by atoms with Crippen molar-refractivity contribution < 1.29 is 18.8 Å². The number of nitrogens with one attached hydrogen (secondary N) is 1. The van der Waals surface area contributed by atoms with Crippen LogP contribution >= 0.6 is 0 Å². The Kier molecular flexibility index (Phi) is 4.85. The normalized spacial score (nSPS) is 23.1. The number of hydrogen-bond donors (Lipinski definition) is 1. The number of likely N-dealkylation sites (tertiary alicyclic amines) is 2. The molecule has 144 valence electrons. The van der Waals surface area contributed by atoms with Crippen LogP contribution in [-0.4, -0.2) is 53.7 Å². The van der Waals surface area contributed by atoms with Gasteiger partial charge >= 0.3 is 0 Å². The highest BCUT2D eigenvalue weighted by atomic mass is 19.1. The van der Waals surface area contributed by atoms with E-state index in [4.69, 9.17) is 0 Å². The topological polar surface area (TPSA) is 69.7 Å². The van der Waals surface area contributed by atoms with Crippen LogP contribution in [0.15, 0.2) is 18.2 Å². The number of amides is 3. The molecule has 2 saturated heterocycles. The second-order valence-electron chi connectivity index (χ2n) is 7.67. The van der Waals surface area contributed by atoms with Crippen LogP contribution in [0.5, 0.6) is 0 Å². The zero-order valence-electron chi connectivity index (χ0n) is 15.2. The summed E-state index contributed by atoms with van der Waals surface area (Å²) in [6.45, 7) is 2.75. The lowest BCUT2D eigenvalue weighted by molar-refractivity contribution is -0.141. The maximum atomic E-state index is 13.5. The van der Waals surface area contributed by atoms with E-state index in [0.29, 0.717) is 37.2 Å². The predicted octanol–water partition coefficient (Wildman–Crippen LogP) is 2.11. The van der Waals surface area contributed by atoms with Gasteiger partial charge in [-0.25, -0.2) is 4.39 Å². The number of hydrogen-bond acceptors (Lipinski definition) is 3. The van der Waals surface area contributed by atoms with Crippen molar-refractivity contribution in [3.05, 3.63) is 29.6 Å². The fraction of sp³-hybridized carbons (Fsp3) is 0.550. The van der Waals surface area contributed by atoms with Gasteiger partial charge < -0.3 is 15.1 Å². The summed E-state index contributed by atoms with van der Waals surface area (Å²) in [6, 6.07) is 4.15. The van der Waals surface area contributed by atoms with Crippen molar-refractivity contribution >= 4 is 23.4 Å². The van der Waals surface area contributed by atoms with Crippen LogP contribution in [0.25, 0.3) is 0 Å². The number of nitrogens with zero attached hydrogens (tertiary/aromatic N) is 2. The van der Waals surface area contributed by atoms with Gasteiger partial charge in [-0.05, 0) is 43.4 Å². The van der Waals surface area contributed by atoms with E-state index >= 15 is 0 Å². The van der Waals surface area contributed by atoms with Gasteiger partial charge in [0.15, 0.2) is 0 Å². The second kappa shape index (κ2) is 7.29. The van der Waals surface area contributed by atoms with Crippen molar-refractivity contribution in [1.29, 1.82) is 0 Å². The number of fused-ring (bicyclic) bond motifs is 1. The van der Waals surface area contributed by atoms with Gasteiger partial charge in [-0.15, -0.1) is 0 Å². The van der Waals surface area contributed by atoms with Gasteiger partial charge in [0.25, 0.3) is 0 Å². The standard InChI is InChI=1S/C20H24FN3O3/c21-14-3-4-15-16(12-18(25)22-17(15)11-14)20(27)24-9-5-13(6-10-24)19(26)23-7-1-2-8-23/h3-4,11,13,16H,1-2,5-10,12H2,(H,22,25). The number of carbonyl (C=O) groups excluding carboxylic acids is 3. The minimum absolute atomic E-state index is 0.0109. The minimum atomic E-state index is -0.583. The average molecular weight is 373 g/mol. The Morgan fingerprint density at radius 1 is 1.00 bits per heavy atom. The number of anilines is 1. The van der Waals surface area contributed by atoms with E-state index in [1.807, 2.05) is 4.90 Å². The molecule has 0 aromatic heterocycles. The third-order valence-electron chi connectivity index (χ3n) is 5.93. The SMILES string of the molecule is O=C1CC(C(=O)N2CCC(C(=O)N3CCCC3)CC2)c2ccc(F)cc2N1. The summed E-state index contributed by atoms with van der Waals surface area (Å²) in [5.74, 6) is -1.19. The molecular formula is C20H24FN3O3. The lowest BCUT2D eigenvalue weighted by Gasteiger charge is -2.36. The summed E-state index contributed by atoms with van der Waals surface area (Å²) in [5.41, 5.74) is 1.04. The molecule has 3 aliphatic heterocycles. The van der Waals surface area contributed by atoms with Gasteiger partial charge in [-0.3, -0.25) is 14.4 Å². The zero-order valence-corrected chi connectivity index (χ0v) is 15.2. The van der Waals surface area contributed by atoms with Gasteiger partial charge in [-0.2, -0.15) is 0 Å². The summed E-state index contributed by atoms with van der Waals surface area (Å²) in [4.78, 5) is 41.3. The summed E-state index contributed by atoms with van der Waals surface area (Å²) >= 11 is 0. The number of halogens is 1. The first-order chi connectivity index (χ1) is 13.0. The lowest BCUT2D eigenvalue weighted by Crippen LogP contribution is -2.46. The van der Waals surface area contributed by atoms with Crippen molar-refractivity contribution in [1.82, 2.24) is 9.80 Å². The molecule has 2 fully saturated rings. The second-order valence-corrected chi connectivity index (χ2v) is 7.67. The highest BCUT2D eigenvalue weighted by molar-refractivity contribution is 6.01. The largest absolute Gasteiger partial charge is 0.342 e.